The van der Waals surface area contributed by atoms with Crippen LogP contribution in [-0.2, 0) is 13.1 Å². The average Bonchev–Trinajstić information content (AvgIpc) is 2.78. The van der Waals surface area contributed by atoms with E-state index in [-0.39, 0.29) is 0 Å². The number of halogens is 1. The van der Waals surface area contributed by atoms with Gasteiger partial charge in [-0.05, 0) is 58.0 Å². The summed E-state index contributed by atoms with van der Waals surface area (Å²) in [7, 11) is 0. The molecule has 0 bridgehead atoms. The average molecular weight is 507 g/mol. The highest BCUT2D eigenvalue weighted by Gasteiger charge is 2.16. The maximum Gasteiger partial charge on any atom is 0.159 e. The fourth-order valence-corrected chi connectivity index (χ4v) is 3.58. The molecule has 0 aliphatic heterocycles. The molecule has 0 spiro atoms. The van der Waals surface area contributed by atoms with Gasteiger partial charge >= 0.3 is 0 Å². The number of aromatic nitrogens is 2. The van der Waals surface area contributed by atoms with E-state index in [2.05, 4.69) is 67.0 Å². The molecule has 0 saturated heterocycles. The van der Waals surface area contributed by atoms with Crippen LogP contribution < -0.4 is 16.0 Å². The highest BCUT2D eigenvalue weighted by atomic mass is 127. The van der Waals surface area contributed by atoms with Gasteiger partial charge in [0.2, 0.25) is 0 Å². The van der Waals surface area contributed by atoms with Gasteiger partial charge in [-0.1, -0.05) is 60.7 Å². The molecule has 1 aromatic heterocycles. The van der Waals surface area contributed by atoms with Crippen LogP contribution in [0.1, 0.15) is 11.1 Å². The summed E-state index contributed by atoms with van der Waals surface area (Å²) >= 11 is 2.28. The van der Waals surface area contributed by atoms with Crippen molar-refractivity contribution in [3.8, 4) is 0 Å². The summed E-state index contributed by atoms with van der Waals surface area (Å²) in [5, 5.41) is 3.32. The van der Waals surface area contributed by atoms with E-state index in [1.807, 2.05) is 60.7 Å². The Labute approximate surface area is 190 Å². The third kappa shape index (κ3) is 5.07. The van der Waals surface area contributed by atoms with Crippen molar-refractivity contribution in [1.82, 2.24) is 9.97 Å². The minimum atomic E-state index is 0.530. The maximum atomic E-state index is 6.54. The van der Waals surface area contributed by atoms with Crippen LogP contribution in [0, 0.1) is 3.57 Å². The molecule has 0 radical (unpaired) electrons. The topological polar surface area (TPSA) is 67.1 Å². The molecular weight excluding hydrogens is 485 g/mol. The molecular formula is C24H22IN5. The Morgan fingerprint density at radius 2 is 1.33 bits per heavy atom. The number of nitrogens with zero attached hydrogens (tertiary/aromatic N) is 3. The SMILES string of the molecule is Nc1c(Nc2ccc(I)cc2)ncnc1N(Cc1ccccc1)Cc1ccccc1. The largest absolute Gasteiger partial charge is 0.393 e. The van der Waals surface area contributed by atoms with Gasteiger partial charge in [0.25, 0.3) is 0 Å². The first-order valence-corrected chi connectivity index (χ1v) is 10.7. The summed E-state index contributed by atoms with van der Waals surface area (Å²) in [6, 6.07) is 28.8. The number of nitrogens with one attached hydrogen (secondary N) is 1. The van der Waals surface area contributed by atoms with E-state index in [1.165, 1.54) is 14.7 Å². The van der Waals surface area contributed by atoms with Gasteiger partial charge in [-0.3, -0.25) is 0 Å². The van der Waals surface area contributed by atoms with Crippen LogP contribution in [-0.4, -0.2) is 9.97 Å². The molecule has 4 aromatic rings. The van der Waals surface area contributed by atoms with Crippen molar-refractivity contribution in [2.75, 3.05) is 16.0 Å². The Bertz CT molecular complexity index is 1040. The molecule has 0 amide bonds. The molecule has 0 atom stereocenters. The van der Waals surface area contributed by atoms with E-state index in [9.17, 15) is 0 Å². The summed E-state index contributed by atoms with van der Waals surface area (Å²) in [5.41, 5.74) is 10.4. The van der Waals surface area contributed by atoms with Crippen molar-refractivity contribution in [2.24, 2.45) is 0 Å². The van der Waals surface area contributed by atoms with E-state index in [1.54, 1.807) is 6.33 Å². The molecule has 0 unspecified atom stereocenters. The summed E-state index contributed by atoms with van der Waals surface area (Å²) in [6.45, 7) is 1.39. The monoisotopic (exact) mass is 507 g/mol. The molecule has 6 heteroatoms. The molecule has 3 N–H and O–H groups in total. The van der Waals surface area contributed by atoms with Crippen LogP contribution in [0.25, 0.3) is 0 Å². The second-order valence-electron chi connectivity index (χ2n) is 6.92. The molecule has 5 nitrogen and oxygen atoms in total. The number of nitrogen functional groups attached to an aromatic ring is 1. The van der Waals surface area contributed by atoms with Crippen LogP contribution in [0.3, 0.4) is 0 Å². The van der Waals surface area contributed by atoms with Gasteiger partial charge in [-0.15, -0.1) is 0 Å². The first-order valence-electron chi connectivity index (χ1n) is 9.65. The number of rotatable bonds is 7. The third-order valence-electron chi connectivity index (χ3n) is 4.70. The molecule has 30 heavy (non-hydrogen) atoms. The Morgan fingerprint density at radius 3 is 1.90 bits per heavy atom. The number of benzene rings is 3. The second-order valence-corrected chi connectivity index (χ2v) is 8.16. The summed E-state index contributed by atoms with van der Waals surface area (Å²) < 4.78 is 1.17. The zero-order valence-electron chi connectivity index (χ0n) is 16.4. The number of anilines is 4. The molecule has 4 rings (SSSR count). The van der Waals surface area contributed by atoms with Gasteiger partial charge in [0, 0.05) is 22.3 Å². The van der Waals surface area contributed by atoms with E-state index >= 15 is 0 Å². The standard InChI is InChI=1S/C24H22IN5/c25-20-11-13-21(14-12-20)29-23-22(26)24(28-17-27-23)30(15-18-7-3-1-4-8-18)16-19-9-5-2-6-10-19/h1-14,17H,15-16,26H2,(H,27,28,29). The molecule has 0 aliphatic rings. The van der Waals surface area contributed by atoms with E-state index < -0.39 is 0 Å². The minimum absolute atomic E-state index is 0.530. The normalized spacial score (nSPS) is 10.6. The van der Waals surface area contributed by atoms with Crippen LogP contribution in [0.5, 0.6) is 0 Å². The van der Waals surface area contributed by atoms with Crippen LogP contribution in [0.4, 0.5) is 23.0 Å². The predicted octanol–water partition coefficient (Wildman–Crippen LogP) is 5.61. The van der Waals surface area contributed by atoms with Crippen molar-refractivity contribution in [1.29, 1.82) is 0 Å². The predicted molar refractivity (Wildman–Crippen MR) is 132 cm³/mol. The smallest absolute Gasteiger partial charge is 0.159 e. The van der Waals surface area contributed by atoms with Gasteiger partial charge in [-0.2, -0.15) is 0 Å². The maximum absolute atomic E-state index is 6.54. The van der Waals surface area contributed by atoms with Gasteiger partial charge in [0.05, 0.1) is 0 Å². The molecule has 150 valence electrons. The van der Waals surface area contributed by atoms with Crippen molar-refractivity contribution in [3.05, 3.63) is 106 Å². The van der Waals surface area contributed by atoms with Crippen molar-refractivity contribution >= 4 is 45.6 Å². The Kier molecular flexibility index (Phi) is 6.44. The third-order valence-corrected chi connectivity index (χ3v) is 5.42. The highest BCUT2D eigenvalue weighted by molar-refractivity contribution is 14.1. The van der Waals surface area contributed by atoms with Crippen molar-refractivity contribution in [3.63, 3.8) is 0 Å². The quantitative estimate of drug-likeness (QED) is 0.318. The first-order chi connectivity index (χ1) is 14.7. The van der Waals surface area contributed by atoms with Crippen molar-refractivity contribution in [2.45, 2.75) is 13.1 Å². The molecule has 0 saturated carbocycles. The zero-order valence-corrected chi connectivity index (χ0v) is 18.5. The first kappa shape index (κ1) is 20.2. The number of nitrogens with two attached hydrogens (primary N) is 1. The fraction of sp³-hybridized carbons (Fsp3) is 0.0833. The Balaban J connectivity index is 1.66. The van der Waals surface area contributed by atoms with Crippen LogP contribution in [0.2, 0.25) is 0 Å². The fourth-order valence-electron chi connectivity index (χ4n) is 3.22. The lowest BCUT2D eigenvalue weighted by molar-refractivity contribution is 0.782. The summed E-state index contributed by atoms with van der Waals surface area (Å²) in [4.78, 5) is 11.1. The summed E-state index contributed by atoms with van der Waals surface area (Å²) in [6.07, 6.45) is 1.56. The Morgan fingerprint density at radius 1 is 0.767 bits per heavy atom. The minimum Gasteiger partial charge on any atom is -0.393 e. The Hall–Kier alpha value is -3.13. The lowest BCUT2D eigenvalue weighted by atomic mass is 10.1. The van der Waals surface area contributed by atoms with Gasteiger partial charge in [-0.25, -0.2) is 9.97 Å². The van der Waals surface area contributed by atoms with E-state index in [0.717, 1.165) is 5.69 Å². The lowest BCUT2D eigenvalue weighted by Gasteiger charge is -2.26. The van der Waals surface area contributed by atoms with E-state index in [0.29, 0.717) is 30.4 Å². The summed E-state index contributed by atoms with van der Waals surface area (Å²) in [5.74, 6) is 1.32. The second kappa shape index (κ2) is 9.58. The molecule has 3 aromatic carbocycles. The highest BCUT2D eigenvalue weighted by Crippen LogP contribution is 2.30. The molecule has 0 aliphatic carbocycles. The van der Waals surface area contributed by atoms with Gasteiger partial charge in [0.15, 0.2) is 11.6 Å². The number of hydrogen-bond donors (Lipinski definition) is 2. The lowest BCUT2D eigenvalue weighted by Crippen LogP contribution is -2.24. The molecule has 1 heterocycles. The number of hydrogen-bond acceptors (Lipinski definition) is 5. The van der Waals surface area contributed by atoms with Gasteiger partial charge < -0.3 is 16.0 Å². The van der Waals surface area contributed by atoms with Gasteiger partial charge in [0.1, 0.15) is 12.0 Å². The van der Waals surface area contributed by atoms with Crippen LogP contribution >= 0.6 is 22.6 Å². The van der Waals surface area contributed by atoms with Crippen LogP contribution in [0.15, 0.2) is 91.3 Å². The molecule has 0 fully saturated rings. The van der Waals surface area contributed by atoms with Crippen molar-refractivity contribution < 1.29 is 0 Å². The zero-order chi connectivity index (χ0) is 20.8. The van der Waals surface area contributed by atoms with E-state index in [4.69, 9.17) is 5.73 Å².